The molecule has 0 aromatic heterocycles. The number of hydrogen-bond acceptors (Lipinski definition) is 4. The summed E-state index contributed by atoms with van der Waals surface area (Å²) in [6.07, 6.45) is 2.07. The highest BCUT2D eigenvalue weighted by Crippen LogP contribution is 2.20. The van der Waals surface area contributed by atoms with Crippen LogP contribution in [0.25, 0.3) is 0 Å². The maximum atomic E-state index is 12.1. The smallest absolute Gasteiger partial charge is 0.251 e. The van der Waals surface area contributed by atoms with E-state index in [1.807, 2.05) is 43.4 Å². The fraction of sp³-hybridized carbons (Fsp3) is 0.440. The van der Waals surface area contributed by atoms with Gasteiger partial charge in [-0.3, -0.25) is 9.79 Å². The van der Waals surface area contributed by atoms with Crippen molar-refractivity contribution < 1.29 is 9.53 Å². The highest BCUT2D eigenvalue weighted by Gasteiger charge is 2.20. The van der Waals surface area contributed by atoms with Crippen LogP contribution in [0.3, 0.4) is 0 Å². The average Bonchev–Trinajstić information content (AvgIpc) is 2.85. The van der Waals surface area contributed by atoms with Gasteiger partial charge in [0, 0.05) is 57.6 Å². The SMILES string of the molecule is CCCCNC(=O)c1ccc(CNC(=NC)N2CCN(c3ccc(OC)cc3)CC2)cc1. The first-order valence-electron chi connectivity index (χ1n) is 11.4. The van der Waals surface area contributed by atoms with Crippen LogP contribution in [-0.2, 0) is 6.54 Å². The van der Waals surface area contributed by atoms with Crippen molar-refractivity contribution in [3.8, 4) is 5.75 Å². The Labute approximate surface area is 191 Å². The van der Waals surface area contributed by atoms with E-state index in [0.717, 1.165) is 62.8 Å². The van der Waals surface area contributed by atoms with Crippen LogP contribution in [0.5, 0.6) is 5.75 Å². The van der Waals surface area contributed by atoms with Crippen LogP contribution >= 0.6 is 0 Å². The number of rotatable bonds is 8. The molecule has 7 heteroatoms. The molecule has 1 fully saturated rings. The number of guanidine groups is 1. The molecule has 1 saturated heterocycles. The van der Waals surface area contributed by atoms with E-state index in [-0.39, 0.29) is 5.91 Å². The zero-order valence-electron chi connectivity index (χ0n) is 19.4. The van der Waals surface area contributed by atoms with Crippen molar-refractivity contribution in [2.75, 3.05) is 51.8 Å². The van der Waals surface area contributed by atoms with Crippen molar-refractivity contribution in [3.63, 3.8) is 0 Å². The van der Waals surface area contributed by atoms with E-state index >= 15 is 0 Å². The molecule has 1 heterocycles. The number of nitrogens with zero attached hydrogens (tertiary/aromatic N) is 3. The summed E-state index contributed by atoms with van der Waals surface area (Å²) in [6.45, 7) is 7.20. The number of nitrogens with one attached hydrogen (secondary N) is 2. The number of carbonyl (C=O) groups is 1. The number of ether oxygens (including phenoxy) is 1. The molecule has 1 amide bonds. The Balaban J connectivity index is 1.47. The summed E-state index contributed by atoms with van der Waals surface area (Å²) >= 11 is 0. The summed E-state index contributed by atoms with van der Waals surface area (Å²) in [4.78, 5) is 21.3. The quantitative estimate of drug-likeness (QED) is 0.377. The molecule has 0 radical (unpaired) electrons. The molecular formula is C25H35N5O2. The van der Waals surface area contributed by atoms with E-state index in [1.54, 1.807) is 7.11 Å². The second kappa shape index (κ2) is 12.0. The Morgan fingerprint density at radius 1 is 1.00 bits per heavy atom. The second-order valence-corrected chi connectivity index (χ2v) is 7.88. The maximum absolute atomic E-state index is 12.1. The predicted octanol–water partition coefficient (Wildman–Crippen LogP) is 3.12. The molecule has 0 bridgehead atoms. The van der Waals surface area contributed by atoms with Gasteiger partial charge in [0.1, 0.15) is 5.75 Å². The van der Waals surface area contributed by atoms with Gasteiger partial charge in [0.25, 0.3) is 5.91 Å². The number of carbonyl (C=O) groups excluding carboxylic acids is 1. The van der Waals surface area contributed by atoms with Crippen LogP contribution in [0.4, 0.5) is 5.69 Å². The van der Waals surface area contributed by atoms with Gasteiger partial charge < -0.3 is 25.2 Å². The van der Waals surface area contributed by atoms with E-state index in [9.17, 15) is 4.79 Å². The lowest BCUT2D eigenvalue weighted by atomic mass is 10.1. The largest absolute Gasteiger partial charge is 0.497 e. The third-order valence-corrected chi connectivity index (χ3v) is 5.71. The molecule has 1 aliphatic heterocycles. The molecule has 2 aromatic carbocycles. The van der Waals surface area contributed by atoms with Crippen molar-refractivity contribution >= 4 is 17.6 Å². The van der Waals surface area contributed by atoms with E-state index in [4.69, 9.17) is 4.74 Å². The summed E-state index contributed by atoms with van der Waals surface area (Å²) in [7, 11) is 3.51. The van der Waals surface area contributed by atoms with Gasteiger partial charge in [0.05, 0.1) is 7.11 Å². The number of aliphatic imine (C=N–C) groups is 1. The summed E-state index contributed by atoms with van der Waals surface area (Å²) in [5.74, 6) is 1.77. The van der Waals surface area contributed by atoms with Crippen LogP contribution in [0.2, 0.25) is 0 Å². The van der Waals surface area contributed by atoms with Crippen LogP contribution in [0.1, 0.15) is 35.7 Å². The van der Waals surface area contributed by atoms with Crippen molar-refractivity contribution in [2.45, 2.75) is 26.3 Å². The second-order valence-electron chi connectivity index (χ2n) is 7.88. The highest BCUT2D eigenvalue weighted by molar-refractivity contribution is 5.94. The fourth-order valence-electron chi connectivity index (χ4n) is 3.74. The Morgan fingerprint density at radius 2 is 1.69 bits per heavy atom. The normalized spacial score (nSPS) is 14.3. The van der Waals surface area contributed by atoms with Gasteiger partial charge in [0.15, 0.2) is 5.96 Å². The van der Waals surface area contributed by atoms with Gasteiger partial charge in [0.2, 0.25) is 0 Å². The first-order chi connectivity index (χ1) is 15.6. The lowest BCUT2D eigenvalue weighted by Gasteiger charge is -2.37. The third-order valence-electron chi connectivity index (χ3n) is 5.71. The van der Waals surface area contributed by atoms with Crippen molar-refractivity contribution in [1.29, 1.82) is 0 Å². The Morgan fingerprint density at radius 3 is 2.28 bits per heavy atom. The van der Waals surface area contributed by atoms with Gasteiger partial charge in [-0.2, -0.15) is 0 Å². The minimum Gasteiger partial charge on any atom is -0.497 e. The monoisotopic (exact) mass is 437 g/mol. The number of unbranched alkanes of at least 4 members (excludes halogenated alkanes) is 1. The standard InChI is InChI=1S/C25H35N5O2/c1-4-5-14-27-24(31)21-8-6-20(7-9-21)19-28-25(26-2)30-17-15-29(16-18-30)22-10-12-23(32-3)13-11-22/h6-13H,4-5,14-19H2,1-3H3,(H,26,28)(H,27,31). The molecule has 1 aliphatic rings. The van der Waals surface area contributed by atoms with Gasteiger partial charge in [-0.25, -0.2) is 0 Å². The summed E-state index contributed by atoms with van der Waals surface area (Å²) in [6, 6.07) is 16.0. The fourth-order valence-corrected chi connectivity index (χ4v) is 3.74. The molecule has 0 atom stereocenters. The summed E-state index contributed by atoms with van der Waals surface area (Å²) in [5, 5.41) is 6.41. The van der Waals surface area contributed by atoms with E-state index in [2.05, 4.69) is 44.5 Å². The van der Waals surface area contributed by atoms with Gasteiger partial charge >= 0.3 is 0 Å². The van der Waals surface area contributed by atoms with Crippen LogP contribution < -0.4 is 20.3 Å². The number of piperazine rings is 1. The molecule has 3 rings (SSSR count). The van der Waals surface area contributed by atoms with E-state index in [0.29, 0.717) is 12.1 Å². The van der Waals surface area contributed by atoms with Crippen LogP contribution in [-0.4, -0.2) is 63.6 Å². The minimum atomic E-state index is -0.0106. The molecule has 172 valence electrons. The van der Waals surface area contributed by atoms with Crippen molar-refractivity contribution in [1.82, 2.24) is 15.5 Å². The predicted molar refractivity (Wildman–Crippen MR) is 131 cm³/mol. The van der Waals surface area contributed by atoms with E-state index < -0.39 is 0 Å². The van der Waals surface area contributed by atoms with Crippen LogP contribution in [0, 0.1) is 0 Å². The topological polar surface area (TPSA) is 69.2 Å². The molecule has 7 nitrogen and oxygen atoms in total. The summed E-state index contributed by atoms with van der Waals surface area (Å²) < 4.78 is 5.25. The van der Waals surface area contributed by atoms with Gasteiger partial charge in [-0.1, -0.05) is 25.5 Å². The zero-order chi connectivity index (χ0) is 22.8. The third kappa shape index (κ3) is 6.39. The Kier molecular flexibility index (Phi) is 8.78. The molecular weight excluding hydrogens is 402 g/mol. The highest BCUT2D eigenvalue weighted by atomic mass is 16.5. The first-order valence-corrected chi connectivity index (χ1v) is 11.4. The molecule has 2 N–H and O–H groups in total. The molecule has 0 aliphatic carbocycles. The molecule has 0 spiro atoms. The average molecular weight is 438 g/mol. The Bertz CT molecular complexity index is 872. The molecule has 2 aromatic rings. The molecule has 32 heavy (non-hydrogen) atoms. The number of methoxy groups -OCH3 is 1. The maximum Gasteiger partial charge on any atom is 0.251 e. The van der Waals surface area contributed by atoms with Gasteiger partial charge in [-0.05, 0) is 48.4 Å². The lowest BCUT2D eigenvalue weighted by molar-refractivity contribution is 0.0953. The number of anilines is 1. The molecule has 0 unspecified atom stereocenters. The first kappa shape index (κ1) is 23.4. The number of benzene rings is 2. The number of amides is 1. The van der Waals surface area contributed by atoms with Crippen molar-refractivity contribution in [2.24, 2.45) is 4.99 Å². The number of hydrogen-bond donors (Lipinski definition) is 2. The summed E-state index contributed by atoms with van der Waals surface area (Å²) in [5.41, 5.74) is 3.03. The van der Waals surface area contributed by atoms with Crippen molar-refractivity contribution in [3.05, 3.63) is 59.7 Å². The van der Waals surface area contributed by atoms with E-state index in [1.165, 1.54) is 5.69 Å². The lowest BCUT2D eigenvalue weighted by Crippen LogP contribution is -2.52. The van der Waals surface area contributed by atoms with Gasteiger partial charge in [-0.15, -0.1) is 0 Å². The zero-order valence-corrected chi connectivity index (χ0v) is 19.4. The molecule has 0 saturated carbocycles. The minimum absolute atomic E-state index is 0.0106. The Hall–Kier alpha value is -3.22. The van der Waals surface area contributed by atoms with Crippen LogP contribution in [0.15, 0.2) is 53.5 Å².